The lowest BCUT2D eigenvalue weighted by atomic mass is 10.0. The molecule has 5 heteroatoms. The highest BCUT2D eigenvalue weighted by Gasteiger charge is 2.19. The van der Waals surface area contributed by atoms with Crippen LogP contribution in [0, 0.1) is 0 Å². The molecule has 0 unspecified atom stereocenters. The third-order valence-corrected chi connectivity index (χ3v) is 10.2. The van der Waals surface area contributed by atoms with Gasteiger partial charge in [-0.3, -0.25) is 0 Å². The molecule has 234 valence electrons. The molecule has 0 aliphatic carbocycles. The quantitative estimate of drug-likeness (QED) is 0.184. The lowest BCUT2D eigenvalue weighted by Gasteiger charge is -2.14. The molecule has 3 heterocycles. The van der Waals surface area contributed by atoms with Gasteiger partial charge in [-0.05, 0) is 53.5 Å². The van der Waals surface area contributed by atoms with Crippen molar-refractivity contribution >= 4 is 53.3 Å². The van der Waals surface area contributed by atoms with Crippen LogP contribution < -0.4 is 0 Å². The normalized spacial score (nSPS) is 13.3. The van der Waals surface area contributed by atoms with Crippen molar-refractivity contribution in [3.05, 3.63) is 170 Å². The molecule has 0 spiro atoms. The fraction of sp³-hybridized carbons (Fsp3) is 0. The first-order valence-electron chi connectivity index (χ1n) is 19.2. The van der Waals surface area contributed by atoms with Crippen LogP contribution in [0.3, 0.4) is 0 Å². The SMILES string of the molecule is [2H]c1cc([2H])c2c(c1[2H])c1c([2H])c([2H])cc([2H])c1n2-c1cc(-c2ccccc2)cc(-c2nc(-c3ccccc3)nc(-c3cccc4c3sc3ccccc34)n2)c1. The number of benzene rings is 7. The average Bonchev–Trinajstić information content (AvgIpc) is 3.80. The third kappa shape index (κ3) is 4.71. The number of hydrogen-bond donors (Lipinski definition) is 0. The minimum atomic E-state index is -0.165. The van der Waals surface area contributed by atoms with Crippen LogP contribution in [0.4, 0.5) is 0 Å². The van der Waals surface area contributed by atoms with Crippen molar-refractivity contribution in [1.29, 1.82) is 0 Å². The van der Waals surface area contributed by atoms with Gasteiger partial charge in [0.2, 0.25) is 0 Å². The van der Waals surface area contributed by atoms with Crippen LogP contribution in [0.25, 0.3) is 93.0 Å². The second-order valence-electron chi connectivity index (χ2n) is 12.0. The van der Waals surface area contributed by atoms with Gasteiger partial charge in [-0.25, -0.2) is 15.0 Å². The second-order valence-corrected chi connectivity index (χ2v) is 13.0. The molecule has 10 aromatic rings. The molecule has 10 rings (SSSR count). The van der Waals surface area contributed by atoms with Gasteiger partial charge in [0.1, 0.15) is 0 Å². The van der Waals surface area contributed by atoms with Gasteiger partial charge in [-0.1, -0.05) is 127 Å². The summed E-state index contributed by atoms with van der Waals surface area (Å²) in [5, 5.41) is 2.68. The highest BCUT2D eigenvalue weighted by molar-refractivity contribution is 7.26. The van der Waals surface area contributed by atoms with Crippen LogP contribution in [0.5, 0.6) is 0 Å². The highest BCUT2D eigenvalue weighted by atomic mass is 32.1. The molecule has 0 bridgehead atoms. The first kappa shape index (κ1) is 23.0. The van der Waals surface area contributed by atoms with Gasteiger partial charge in [0, 0.05) is 53.3 Å². The average molecular weight is 663 g/mol. The van der Waals surface area contributed by atoms with E-state index < -0.39 is 0 Å². The number of aromatic nitrogens is 4. The van der Waals surface area contributed by atoms with Crippen molar-refractivity contribution < 1.29 is 8.22 Å². The van der Waals surface area contributed by atoms with Crippen molar-refractivity contribution in [3.63, 3.8) is 0 Å². The molecular formula is C45H28N4S. The van der Waals surface area contributed by atoms with E-state index in [2.05, 4.69) is 18.2 Å². The van der Waals surface area contributed by atoms with Gasteiger partial charge in [0.25, 0.3) is 0 Å². The second kappa shape index (κ2) is 11.6. The van der Waals surface area contributed by atoms with Gasteiger partial charge >= 0.3 is 0 Å². The first-order chi connectivity index (χ1) is 27.2. The summed E-state index contributed by atoms with van der Waals surface area (Å²) < 4.78 is 56.9. The van der Waals surface area contributed by atoms with Gasteiger partial charge in [0.15, 0.2) is 17.5 Å². The van der Waals surface area contributed by atoms with E-state index in [1.165, 1.54) is 22.2 Å². The van der Waals surface area contributed by atoms with E-state index in [1.807, 2.05) is 103 Å². The van der Waals surface area contributed by atoms with E-state index in [-0.39, 0.29) is 58.1 Å². The Bertz CT molecular complexity index is 3150. The molecule has 0 radical (unpaired) electrons. The minimum absolute atomic E-state index is 0.0283. The number of thiophene rings is 1. The zero-order valence-electron chi connectivity index (χ0n) is 32.4. The van der Waals surface area contributed by atoms with E-state index >= 15 is 0 Å². The van der Waals surface area contributed by atoms with E-state index in [0.717, 1.165) is 32.3 Å². The van der Waals surface area contributed by atoms with E-state index in [0.29, 0.717) is 28.7 Å². The summed E-state index contributed by atoms with van der Waals surface area (Å²) in [4.78, 5) is 15.3. The molecule has 0 saturated carbocycles. The van der Waals surface area contributed by atoms with Gasteiger partial charge in [-0.2, -0.15) is 0 Å². The molecule has 0 saturated heterocycles. The Labute approximate surface area is 301 Å². The van der Waals surface area contributed by atoms with Crippen LogP contribution in [0.1, 0.15) is 8.22 Å². The summed E-state index contributed by atoms with van der Waals surface area (Å²) in [7, 11) is 0. The number of fused-ring (bicyclic) bond motifs is 6. The molecule has 0 N–H and O–H groups in total. The summed E-state index contributed by atoms with van der Waals surface area (Å²) in [6.07, 6.45) is 0. The summed E-state index contributed by atoms with van der Waals surface area (Å²) in [6, 6.07) is 41.9. The Morgan fingerprint density at radius 2 is 1.06 bits per heavy atom. The van der Waals surface area contributed by atoms with Crippen molar-refractivity contribution in [2.75, 3.05) is 0 Å². The topological polar surface area (TPSA) is 43.6 Å². The van der Waals surface area contributed by atoms with Crippen LogP contribution in [-0.2, 0) is 0 Å². The van der Waals surface area contributed by atoms with Crippen LogP contribution in [0.2, 0.25) is 0 Å². The number of nitrogens with zero attached hydrogens (tertiary/aromatic N) is 4. The minimum Gasteiger partial charge on any atom is -0.309 e. The Morgan fingerprint density at radius 1 is 0.460 bits per heavy atom. The smallest absolute Gasteiger partial charge is 0.165 e. The molecule has 0 fully saturated rings. The molecular weight excluding hydrogens is 629 g/mol. The summed E-state index contributed by atoms with van der Waals surface area (Å²) in [5.74, 6) is 1.42. The molecule has 0 aliphatic heterocycles. The Balaban J connectivity index is 1.30. The van der Waals surface area contributed by atoms with Gasteiger partial charge in [0.05, 0.1) is 19.3 Å². The van der Waals surface area contributed by atoms with Crippen LogP contribution in [-0.4, -0.2) is 19.5 Å². The summed E-state index contributed by atoms with van der Waals surface area (Å²) in [5.41, 5.74) is 5.18. The largest absolute Gasteiger partial charge is 0.309 e. The number of rotatable bonds is 5. The third-order valence-electron chi connectivity index (χ3n) is 8.98. The lowest BCUT2D eigenvalue weighted by molar-refractivity contribution is 1.07. The van der Waals surface area contributed by atoms with Crippen molar-refractivity contribution in [2.45, 2.75) is 0 Å². The van der Waals surface area contributed by atoms with Gasteiger partial charge < -0.3 is 4.57 Å². The van der Waals surface area contributed by atoms with E-state index in [1.54, 1.807) is 15.9 Å². The van der Waals surface area contributed by atoms with Crippen molar-refractivity contribution in [3.8, 4) is 51.0 Å². The fourth-order valence-corrected chi connectivity index (χ4v) is 7.92. The van der Waals surface area contributed by atoms with Crippen LogP contribution >= 0.6 is 11.3 Å². The number of hydrogen-bond acceptors (Lipinski definition) is 4. The Kier molecular flexibility index (Phi) is 5.35. The lowest BCUT2D eigenvalue weighted by Crippen LogP contribution is -2.02. The predicted molar refractivity (Wildman–Crippen MR) is 209 cm³/mol. The molecule has 0 aliphatic rings. The number of para-hydroxylation sites is 2. The van der Waals surface area contributed by atoms with E-state index in [4.69, 9.17) is 23.2 Å². The Hall–Kier alpha value is -6.43. The molecule has 3 aromatic heterocycles. The molecule has 0 atom stereocenters. The zero-order valence-corrected chi connectivity index (χ0v) is 27.2. The van der Waals surface area contributed by atoms with Gasteiger partial charge in [-0.15, -0.1) is 11.3 Å². The fourth-order valence-electron chi connectivity index (χ4n) is 6.70. The van der Waals surface area contributed by atoms with Crippen molar-refractivity contribution in [2.24, 2.45) is 0 Å². The Morgan fingerprint density at radius 3 is 1.80 bits per heavy atom. The van der Waals surface area contributed by atoms with Crippen molar-refractivity contribution in [1.82, 2.24) is 19.5 Å². The predicted octanol–water partition coefficient (Wildman–Crippen LogP) is 12.0. The summed E-state index contributed by atoms with van der Waals surface area (Å²) >= 11 is 1.70. The maximum absolute atomic E-state index is 9.08. The maximum Gasteiger partial charge on any atom is 0.165 e. The first-order valence-corrected chi connectivity index (χ1v) is 17.0. The monoisotopic (exact) mass is 662 g/mol. The van der Waals surface area contributed by atoms with E-state index in [9.17, 15) is 0 Å². The molecule has 4 nitrogen and oxygen atoms in total. The molecule has 0 amide bonds. The summed E-state index contributed by atoms with van der Waals surface area (Å²) in [6.45, 7) is 0. The molecule has 7 aromatic carbocycles. The standard InChI is InChI=1S/C45H28N4S/c1-3-14-29(15-4-1)31-26-32(28-33(27-31)49-39-23-10-7-18-34(39)35-19-8-11-24-40(35)49)44-46-43(30-16-5-2-6-17-30)47-45(48-44)38-22-13-21-37-36-20-9-12-25-41(36)50-42(37)38/h1-28H/i7D,8D,18D,19D,23D,24D. The maximum atomic E-state index is 9.08. The zero-order chi connectivity index (χ0) is 38.2. The van der Waals surface area contributed by atoms with Crippen LogP contribution in [0.15, 0.2) is 170 Å². The highest BCUT2D eigenvalue weighted by Crippen LogP contribution is 2.40. The molecule has 50 heavy (non-hydrogen) atoms.